The first-order chi connectivity index (χ1) is 8.27. The Kier molecular flexibility index (Phi) is 6.08. The fourth-order valence-corrected chi connectivity index (χ4v) is 0.856. The third kappa shape index (κ3) is 5.08. The summed E-state index contributed by atoms with van der Waals surface area (Å²) in [6.45, 7) is 1.20. The maximum Gasteiger partial charge on any atom is 0.336 e. The predicted molar refractivity (Wildman–Crippen MR) is 59.7 cm³/mol. The Morgan fingerprint density at radius 1 is 0.944 bits per heavy atom. The van der Waals surface area contributed by atoms with Crippen LogP contribution < -0.4 is 0 Å². The van der Waals surface area contributed by atoms with Crippen LogP contribution in [-0.4, -0.2) is 44.4 Å². The molecule has 0 saturated heterocycles. The lowest BCUT2D eigenvalue weighted by atomic mass is 10.1. The van der Waals surface area contributed by atoms with Crippen molar-refractivity contribution in [3.63, 3.8) is 0 Å². The summed E-state index contributed by atoms with van der Waals surface area (Å²) in [7, 11) is 0. The minimum atomic E-state index is -1.23. The Labute approximate surface area is 102 Å². The summed E-state index contributed by atoms with van der Waals surface area (Å²) < 4.78 is 0. The molecule has 0 heterocycles. The van der Waals surface area contributed by atoms with Crippen LogP contribution in [0.1, 0.15) is 27.6 Å². The fourth-order valence-electron chi connectivity index (χ4n) is 0.856. The highest BCUT2D eigenvalue weighted by Crippen LogP contribution is 2.07. The first kappa shape index (κ1) is 15.6. The van der Waals surface area contributed by atoms with Crippen LogP contribution in [0.5, 0.6) is 0 Å². The van der Waals surface area contributed by atoms with Crippen molar-refractivity contribution in [1.82, 2.24) is 0 Å². The number of benzene rings is 1. The van der Waals surface area contributed by atoms with Gasteiger partial charge in [0.1, 0.15) is 6.10 Å². The van der Waals surface area contributed by atoms with Gasteiger partial charge in [0, 0.05) is 0 Å². The quantitative estimate of drug-likeness (QED) is 0.620. The van der Waals surface area contributed by atoms with E-state index in [1.807, 2.05) is 0 Å². The van der Waals surface area contributed by atoms with E-state index in [0.717, 1.165) is 0 Å². The monoisotopic (exact) mass is 256 g/mol. The van der Waals surface area contributed by atoms with Gasteiger partial charge in [0.25, 0.3) is 0 Å². The lowest BCUT2D eigenvalue weighted by Gasteiger charge is -1.98. The van der Waals surface area contributed by atoms with Crippen LogP contribution in [0.4, 0.5) is 0 Å². The SMILES string of the molecule is CC(O)C(=O)O.O=C(O)c1ccccc1C(=O)O. The zero-order valence-electron chi connectivity index (χ0n) is 9.40. The second-order valence-electron chi connectivity index (χ2n) is 3.17. The van der Waals surface area contributed by atoms with Gasteiger partial charge in [-0.05, 0) is 19.1 Å². The molecule has 0 aliphatic heterocycles. The number of carboxylic acids is 3. The molecule has 18 heavy (non-hydrogen) atoms. The van der Waals surface area contributed by atoms with E-state index in [2.05, 4.69) is 0 Å². The van der Waals surface area contributed by atoms with E-state index in [4.69, 9.17) is 20.4 Å². The number of aliphatic hydroxyl groups excluding tert-OH is 1. The number of hydrogen-bond donors (Lipinski definition) is 4. The Bertz CT molecular complexity index is 417. The van der Waals surface area contributed by atoms with Crippen LogP contribution in [0.2, 0.25) is 0 Å². The zero-order valence-corrected chi connectivity index (χ0v) is 9.40. The van der Waals surface area contributed by atoms with E-state index in [9.17, 15) is 14.4 Å². The summed E-state index contributed by atoms with van der Waals surface area (Å²) in [5.41, 5.74) is -0.380. The number of rotatable bonds is 3. The predicted octanol–water partition coefficient (Wildman–Crippen LogP) is 0.535. The Morgan fingerprint density at radius 3 is 1.39 bits per heavy atom. The van der Waals surface area contributed by atoms with Crippen molar-refractivity contribution in [2.24, 2.45) is 0 Å². The molecule has 7 nitrogen and oxygen atoms in total. The summed E-state index contributed by atoms with van der Waals surface area (Å²) in [4.78, 5) is 30.4. The van der Waals surface area contributed by atoms with Crippen molar-refractivity contribution in [2.75, 3.05) is 0 Å². The highest BCUT2D eigenvalue weighted by molar-refractivity contribution is 6.01. The summed E-state index contributed by atoms with van der Waals surface area (Å²) in [6.07, 6.45) is -1.23. The van der Waals surface area contributed by atoms with Crippen molar-refractivity contribution >= 4 is 17.9 Å². The molecule has 0 fully saturated rings. The number of aliphatic hydroxyl groups is 1. The van der Waals surface area contributed by atoms with E-state index in [1.54, 1.807) is 0 Å². The fraction of sp³-hybridized carbons (Fsp3) is 0.182. The lowest BCUT2D eigenvalue weighted by Crippen LogP contribution is -2.13. The van der Waals surface area contributed by atoms with E-state index in [1.165, 1.54) is 31.2 Å². The second-order valence-corrected chi connectivity index (χ2v) is 3.17. The van der Waals surface area contributed by atoms with Crippen molar-refractivity contribution < 1.29 is 34.8 Å². The van der Waals surface area contributed by atoms with E-state index < -0.39 is 24.0 Å². The molecule has 1 rings (SSSR count). The van der Waals surface area contributed by atoms with Gasteiger partial charge in [0.15, 0.2) is 0 Å². The van der Waals surface area contributed by atoms with Gasteiger partial charge in [-0.2, -0.15) is 0 Å². The van der Waals surface area contributed by atoms with Crippen molar-refractivity contribution in [2.45, 2.75) is 13.0 Å². The second kappa shape index (κ2) is 7.02. The molecule has 0 bridgehead atoms. The molecule has 0 amide bonds. The molecule has 1 unspecified atom stereocenters. The number of hydrogen-bond acceptors (Lipinski definition) is 4. The number of carboxylic acid groups (broad SMARTS) is 3. The minimum Gasteiger partial charge on any atom is -0.479 e. The van der Waals surface area contributed by atoms with Crippen LogP contribution in [0.15, 0.2) is 24.3 Å². The third-order valence-corrected chi connectivity index (χ3v) is 1.75. The van der Waals surface area contributed by atoms with Crippen LogP contribution in [0.25, 0.3) is 0 Å². The summed E-state index contributed by atoms with van der Waals surface area (Å²) >= 11 is 0. The van der Waals surface area contributed by atoms with E-state index >= 15 is 0 Å². The largest absolute Gasteiger partial charge is 0.479 e. The number of aromatic carboxylic acids is 2. The van der Waals surface area contributed by atoms with Crippen LogP contribution in [0.3, 0.4) is 0 Å². The van der Waals surface area contributed by atoms with Gasteiger partial charge >= 0.3 is 17.9 Å². The zero-order chi connectivity index (χ0) is 14.3. The van der Waals surface area contributed by atoms with Gasteiger partial charge in [-0.25, -0.2) is 14.4 Å². The summed E-state index contributed by atoms with van der Waals surface area (Å²) in [5.74, 6) is -3.64. The third-order valence-electron chi connectivity index (χ3n) is 1.75. The highest BCUT2D eigenvalue weighted by Gasteiger charge is 2.13. The molecule has 0 saturated carbocycles. The van der Waals surface area contributed by atoms with Gasteiger partial charge in [0.2, 0.25) is 0 Å². The average Bonchev–Trinajstić information content (AvgIpc) is 2.29. The van der Waals surface area contributed by atoms with Crippen LogP contribution in [-0.2, 0) is 4.79 Å². The van der Waals surface area contributed by atoms with Gasteiger partial charge in [-0.1, -0.05) is 12.1 Å². The van der Waals surface area contributed by atoms with Gasteiger partial charge in [-0.3, -0.25) is 0 Å². The molecule has 1 atom stereocenters. The van der Waals surface area contributed by atoms with Gasteiger partial charge < -0.3 is 20.4 Å². The van der Waals surface area contributed by atoms with E-state index in [0.29, 0.717) is 0 Å². The number of carbonyl (C=O) groups is 3. The molecule has 0 aromatic heterocycles. The molecule has 0 aliphatic carbocycles. The molecule has 7 heteroatoms. The number of aliphatic carboxylic acids is 1. The molecule has 0 aliphatic rings. The van der Waals surface area contributed by atoms with Crippen molar-refractivity contribution in [3.8, 4) is 0 Å². The summed E-state index contributed by atoms with van der Waals surface area (Å²) in [6, 6.07) is 5.48. The Hall–Kier alpha value is -2.41. The molecule has 98 valence electrons. The molecule has 0 radical (unpaired) electrons. The normalized spacial score (nSPS) is 10.8. The molecular weight excluding hydrogens is 244 g/mol. The molecule has 1 aromatic rings. The molecular formula is C11H12O7. The molecule has 1 aromatic carbocycles. The average molecular weight is 256 g/mol. The van der Waals surface area contributed by atoms with Crippen molar-refractivity contribution in [3.05, 3.63) is 35.4 Å². The topological polar surface area (TPSA) is 132 Å². The van der Waals surface area contributed by atoms with Crippen LogP contribution >= 0.6 is 0 Å². The summed E-state index contributed by atoms with van der Waals surface area (Å²) in [5, 5.41) is 32.9. The molecule has 4 N–H and O–H groups in total. The maximum absolute atomic E-state index is 10.5. The van der Waals surface area contributed by atoms with Crippen molar-refractivity contribution in [1.29, 1.82) is 0 Å². The maximum atomic E-state index is 10.5. The van der Waals surface area contributed by atoms with Crippen LogP contribution in [0, 0.1) is 0 Å². The smallest absolute Gasteiger partial charge is 0.336 e. The standard InChI is InChI=1S/C8H6O4.C3H6O3/c9-7(10)5-3-1-2-4-6(5)8(11)12;1-2(4)3(5)6/h1-4H,(H,9,10)(H,11,12);2,4H,1H3,(H,5,6). The highest BCUT2D eigenvalue weighted by atomic mass is 16.4. The first-order valence-corrected chi connectivity index (χ1v) is 4.73. The minimum absolute atomic E-state index is 0.190. The Morgan fingerprint density at radius 2 is 1.22 bits per heavy atom. The lowest BCUT2D eigenvalue weighted by molar-refractivity contribution is -0.145. The van der Waals surface area contributed by atoms with Gasteiger partial charge in [-0.15, -0.1) is 0 Å². The first-order valence-electron chi connectivity index (χ1n) is 4.73. The Balaban J connectivity index is 0.000000411. The van der Waals surface area contributed by atoms with E-state index in [-0.39, 0.29) is 11.1 Å². The molecule has 0 spiro atoms. The van der Waals surface area contributed by atoms with Gasteiger partial charge in [0.05, 0.1) is 11.1 Å².